The molecule has 6 rings (SSSR count). The van der Waals surface area contributed by atoms with Crippen LogP contribution in [0.25, 0.3) is 0 Å². The molecule has 6 saturated heterocycles. The van der Waals surface area contributed by atoms with E-state index in [-0.39, 0.29) is 48.3 Å². The molecule has 0 bridgehead atoms. The third-order valence-electron chi connectivity index (χ3n) is 11.0. The van der Waals surface area contributed by atoms with Gasteiger partial charge in [-0.05, 0) is 75.7 Å². The fourth-order valence-electron chi connectivity index (χ4n) is 8.28. The van der Waals surface area contributed by atoms with Gasteiger partial charge in [0.15, 0.2) is 0 Å². The average Bonchev–Trinajstić information content (AvgIpc) is 3.74. The van der Waals surface area contributed by atoms with Gasteiger partial charge in [0, 0.05) is 38.4 Å². The summed E-state index contributed by atoms with van der Waals surface area (Å²) in [6.45, 7) is 12.3. The molecule has 0 saturated carbocycles. The number of rotatable bonds is 11. The Bertz CT molecular complexity index is 998. The van der Waals surface area contributed by atoms with Crippen molar-refractivity contribution in [1.29, 1.82) is 0 Å². The van der Waals surface area contributed by atoms with Crippen molar-refractivity contribution in [3.8, 4) is 0 Å². The largest absolute Gasteiger partial charge is 0.390 e. The summed E-state index contributed by atoms with van der Waals surface area (Å²) in [7, 11) is 0. The zero-order valence-electron chi connectivity index (χ0n) is 26.5. The number of ketones is 1. The quantitative estimate of drug-likeness (QED) is 0.329. The maximum absolute atomic E-state index is 12.6. The molecular formula is C35H54O9. The smallest absolute Gasteiger partial charge is 0.135 e. The summed E-state index contributed by atoms with van der Waals surface area (Å²) < 4.78 is 36.9. The minimum Gasteiger partial charge on any atom is -0.390 e. The first kappa shape index (κ1) is 32.8. The molecular weight excluding hydrogens is 564 g/mol. The second-order valence-corrected chi connectivity index (χ2v) is 14.5. The Hall–Kier alpha value is -1.17. The molecule has 2 N–H and O–H groups in total. The topological polar surface area (TPSA) is 113 Å². The van der Waals surface area contributed by atoms with Crippen LogP contribution in [0.1, 0.15) is 90.4 Å². The molecule has 44 heavy (non-hydrogen) atoms. The lowest BCUT2D eigenvalue weighted by atomic mass is 9.81. The molecule has 0 spiro atoms. The molecule has 6 aliphatic rings. The highest BCUT2D eigenvalue weighted by molar-refractivity contribution is 5.79. The van der Waals surface area contributed by atoms with Crippen LogP contribution < -0.4 is 0 Å². The molecule has 3 unspecified atom stereocenters. The second kappa shape index (κ2) is 14.7. The Kier molecular flexibility index (Phi) is 11.0. The van der Waals surface area contributed by atoms with E-state index in [0.717, 1.165) is 70.0 Å². The first-order valence-electron chi connectivity index (χ1n) is 17.3. The van der Waals surface area contributed by atoms with Gasteiger partial charge in [0.05, 0.1) is 61.5 Å². The summed E-state index contributed by atoms with van der Waals surface area (Å²) in [4.78, 5) is 12.6. The van der Waals surface area contributed by atoms with E-state index in [2.05, 4.69) is 13.2 Å². The molecule has 0 amide bonds. The van der Waals surface area contributed by atoms with E-state index < -0.39 is 30.5 Å². The standard InChI is InChI=1S/C35H54O9/c1-20-4-5-25(40-18-20)8-10-30-21(2)14-26(41-30)6-7-28-17-29(37)34(42-28)33-22(3)32(38)35-31(44-33)11-9-27(43-35)16-24(36)15-23-12-13-39-19-23/h22-23,25-35,37-38H,1-2,4-19H2,3H3/t22?,23-,25+,26-,27+,28+,29+,30-,31-,32+,33?,34?,35-/m0/s1. The van der Waals surface area contributed by atoms with Gasteiger partial charge in [-0.3, -0.25) is 4.79 Å². The lowest BCUT2D eigenvalue weighted by molar-refractivity contribution is -0.267. The molecule has 0 aromatic heterocycles. The van der Waals surface area contributed by atoms with Crippen molar-refractivity contribution < 1.29 is 43.4 Å². The minimum absolute atomic E-state index is 0.0800. The summed E-state index contributed by atoms with van der Waals surface area (Å²) in [5, 5.41) is 22.3. The molecule has 6 fully saturated rings. The van der Waals surface area contributed by atoms with E-state index in [9.17, 15) is 15.0 Å². The van der Waals surface area contributed by atoms with E-state index in [4.69, 9.17) is 28.4 Å². The van der Waals surface area contributed by atoms with Crippen molar-refractivity contribution in [2.24, 2.45) is 11.8 Å². The normalized spacial score (nSPS) is 44.7. The highest BCUT2D eigenvalue weighted by Crippen LogP contribution is 2.41. The third kappa shape index (κ3) is 7.85. The predicted octanol–water partition coefficient (Wildman–Crippen LogP) is 4.21. The van der Waals surface area contributed by atoms with E-state index >= 15 is 0 Å². The Morgan fingerprint density at radius 1 is 0.841 bits per heavy atom. The lowest BCUT2D eigenvalue weighted by Crippen LogP contribution is -2.61. The van der Waals surface area contributed by atoms with Crippen LogP contribution in [0.4, 0.5) is 0 Å². The molecule has 9 heteroatoms. The summed E-state index contributed by atoms with van der Waals surface area (Å²) >= 11 is 0. The Balaban J connectivity index is 0.934. The highest BCUT2D eigenvalue weighted by Gasteiger charge is 2.52. The van der Waals surface area contributed by atoms with Crippen LogP contribution >= 0.6 is 0 Å². The fraction of sp³-hybridized carbons (Fsp3) is 0.857. The number of aliphatic hydroxyl groups is 2. The van der Waals surface area contributed by atoms with Gasteiger partial charge in [-0.25, -0.2) is 0 Å². The van der Waals surface area contributed by atoms with E-state index in [1.807, 2.05) is 6.92 Å². The van der Waals surface area contributed by atoms with Gasteiger partial charge in [0.25, 0.3) is 0 Å². The van der Waals surface area contributed by atoms with Crippen molar-refractivity contribution >= 4 is 5.78 Å². The predicted molar refractivity (Wildman–Crippen MR) is 163 cm³/mol. The lowest BCUT2D eigenvalue weighted by Gasteiger charge is -2.49. The maximum Gasteiger partial charge on any atom is 0.135 e. The van der Waals surface area contributed by atoms with Crippen molar-refractivity contribution in [2.75, 3.05) is 19.8 Å². The number of fused-ring (bicyclic) bond motifs is 1. The van der Waals surface area contributed by atoms with Crippen molar-refractivity contribution in [2.45, 2.75) is 158 Å². The first-order valence-corrected chi connectivity index (χ1v) is 17.3. The van der Waals surface area contributed by atoms with Crippen molar-refractivity contribution in [3.63, 3.8) is 0 Å². The van der Waals surface area contributed by atoms with Gasteiger partial charge in [0.2, 0.25) is 0 Å². The van der Waals surface area contributed by atoms with Gasteiger partial charge >= 0.3 is 0 Å². The molecule has 6 aliphatic heterocycles. The zero-order chi connectivity index (χ0) is 30.8. The van der Waals surface area contributed by atoms with Crippen molar-refractivity contribution in [3.05, 3.63) is 24.3 Å². The fourth-order valence-corrected chi connectivity index (χ4v) is 8.28. The van der Waals surface area contributed by atoms with Crippen LogP contribution in [0.2, 0.25) is 0 Å². The van der Waals surface area contributed by atoms with Crippen LogP contribution in [0.5, 0.6) is 0 Å². The zero-order valence-corrected chi connectivity index (χ0v) is 26.5. The monoisotopic (exact) mass is 618 g/mol. The summed E-state index contributed by atoms with van der Waals surface area (Å²) in [6.07, 6.45) is 7.55. The van der Waals surface area contributed by atoms with E-state index in [1.165, 1.54) is 5.57 Å². The molecule has 9 nitrogen and oxygen atoms in total. The minimum atomic E-state index is -0.748. The van der Waals surface area contributed by atoms with Crippen LogP contribution in [-0.4, -0.2) is 103 Å². The number of ether oxygens (including phenoxy) is 6. The Morgan fingerprint density at radius 2 is 1.64 bits per heavy atom. The molecule has 13 atom stereocenters. The first-order chi connectivity index (χ1) is 21.2. The van der Waals surface area contributed by atoms with Gasteiger partial charge in [0.1, 0.15) is 18.0 Å². The Morgan fingerprint density at radius 3 is 2.41 bits per heavy atom. The number of carbonyl (C=O) groups is 1. The molecule has 0 aromatic carbocycles. The number of hydrogen-bond acceptors (Lipinski definition) is 9. The highest BCUT2D eigenvalue weighted by atomic mass is 16.6. The second-order valence-electron chi connectivity index (χ2n) is 14.5. The molecule has 0 radical (unpaired) electrons. The third-order valence-corrected chi connectivity index (χ3v) is 11.0. The van der Waals surface area contributed by atoms with Crippen LogP contribution in [0.15, 0.2) is 24.3 Å². The SMILES string of the molecule is C=C1CC[C@H](CC[C@@H]2O[C@@H](CC[C@@H]3C[C@@H](O)C(C4O[C@H]5CC[C@H](CC(=O)C[C@@H]6CCOC6)O[C@@H]5[C@H](O)C4C)O3)CC2=C)OC1. The molecule has 248 valence electrons. The number of hydrogen-bond donors (Lipinski definition) is 2. The van der Waals surface area contributed by atoms with Gasteiger partial charge < -0.3 is 38.6 Å². The van der Waals surface area contributed by atoms with Crippen molar-refractivity contribution in [1.82, 2.24) is 0 Å². The van der Waals surface area contributed by atoms with Gasteiger partial charge in [-0.1, -0.05) is 25.7 Å². The number of Topliss-reactive ketones (excluding diaryl/α,β-unsaturated/α-hetero) is 1. The van der Waals surface area contributed by atoms with Crippen LogP contribution in [0.3, 0.4) is 0 Å². The van der Waals surface area contributed by atoms with Crippen LogP contribution in [0, 0.1) is 11.8 Å². The summed E-state index contributed by atoms with van der Waals surface area (Å²) in [5.74, 6) is 0.256. The average molecular weight is 619 g/mol. The summed E-state index contributed by atoms with van der Waals surface area (Å²) in [6, 6.07) is 0. The van der Waals surface area contributed by atoms with Crippen LogP contribution in [-0.2, 0) is 33.2 Å². The van der Waals surface area contributed by atoms with Gasteiger partial charge in [-0.15, -0.1) is 0 Å². The Labute approximate surface area is 262 Å². The number of carbonyl (C=O) groups excluding carboxylic acids is 1. The molecule has 0 aliphatic carbocycles. The van der Waals surface area contributed by atoms with E-state index in [0.29, 0.717) is 44.8 Å². The number of aliphatic hydroxyl groups excluding tert-OH is 2. The maximum atomic E-state index is 12.6. The summed E-state index contributed by atoms with van der Waals surface area (Å²) in [5.41, 5.74) is 2.35. The van der Waals surface area contributed by atoms with Gasteiger partial charge in [-0.2, -0.15) is 0 Å². The van der Waals surface area contributed by atoms with E-state index in [1.54, 1.807) is 0 Å². The molecule has 0 aromatic rings. The molecule has 6 heterocycles.